The van der Waals surface area contributed by atoms with E-state index in [4.69, 9.17) is 16.4 Å². The van der Waals surface area contributed by atoms with Crippen molar-refractivity contribution in [2.24, 2.45) is 0 Å². The van der Waals surface area contributed by atoms with Crippen LogP contribution >= 0.6 is 11.6 Å². The maximum Gasteiger partial charge on any atom is 0.364 e. The first-order valence-electron chi connectivity index (χ1n) is 7.72. The van der Waals surface area contributed by atoms with Gasteiger partial charge in [0.2, 0.25) is 0 Å². The monoisotopic (exact) mass is 383 g/mol. The topological polar surface area (TPSA) is 107 Å². The molecule has 0 bridgehead atoms. The fourth-order valence-electron chi connectivity index (χ4n) is 2.64. The fourth-order valence-corrected chi connectivity index (χ4v) is 2.84. The maximum absolute atomic E-state index is 12.5. The number of amides is 2. The smallest absolute Gasteiger partial charge is 0.324 e. The molecule has 10 heteroatoms. The zero-order valence-electron chi connectivity index (χ0n) is 13.8. The lowest BCUT2D eigenvalue weighted by Crippen LogP contribution is -2.32. The van der Waals surface area contributed by atoms with E-state index in [-0.39, 0.29) is 16.7 Å². The van der Waals surface area contributed by atoms with Gasteiger partial charge in [0.25, 0.3) is 11.8 Å². The van der Waals surface area contributed by atoms with Crippen molar-refractivity contribution in [3.8, 4) is 5.69 Å². The molecular formula is C17H10ClN5O4. The highest BCUT2D eigenvalue weighted by molar-refractivity contribution is 6.32. The number of rotatable bonds is 3. The Morgan fingerprint density at radius 2 is 1.74 bits per heavy atom. The molecule has 2 amide bonds. The summed E-state index contributed by atoms with van der Waals surface area (Å²) in [6, 6.07) is 10.5. The molecule has 0 saturated heterocycles. The van der Waals surface area contributed by atoms with Gasteiger partial charge in [-0.05, 0) is 47.7 Å². The number of tetrazole rings is 1. The standard InChI is InChI=1S/C17H10ClN5O4/c1-9-19-20-21-22(9)14-8-10(6-7-13(14)18)17(26)27-23-15(24)11-4-2-3-5-12(11)16(23)25/h2-8H,1H3. The highest BCUT2D eigenvalue weighted by Crippen LogP contribution is 2.25. The molecule has 2 aromatic carbocycles. The number of benzene rings is 2. The van der Waals surface area contributed by atoms with E-state index in [1.807, 2.05) is 0 Å². The lowest BCUT2D eigenvalue weighted by molar-refractivity contribution is -0.0584. The van der Waals surface area contributed by atoms with Crippen molar-refractivity contribution in [3.63, 3.8) is 0 Å². The van der Waals surface area contributed by atoms with Gasteiger partial charge in [0.05, 0.1) is 27.4 Å². The number of imide groups is 1. The van der Waals surface area contributed by atoms with Crippen LogP contribution in [0.15, 0.2) is 42.5 Å². The minimum atomic E-state index is -0.895. The maximum atomic E-state index is 12.5. The number of carbonyl (C=O) groups is 3. The van der Waals surface area contributed by atoms with Gasteiger partial charge in [-0.3, -0.25) is 9.59 Å². The summed E-state index contributed by atoms with van der Waals surface area (Å²) in [5.41, 5.74) is 0.782. The minimum Gasteiger partial charge on any atom is -0.324 e. The van der Waals surface area contributed by atoms with Gasteiger partial charge in [-0.1, -0.05) is 28.8 Å². The van der Waals surface area contributed by atoms with Crippen LogP contribution in [0.3, 0.4) is 0 Å². The van der Waals surface area contributed by atoms with Gasteiger partial charge in [0, 0.05) is 0 Å². The second-order valence-corrected chi connectivity index (χ2v) is 6.04. The molecule has 0 radical (unpaired) electrons. The van der Waals surface area contributed by atoms with Gasteiger partial charge in [0.1, 0.15) is 0 Å². The molecule has 1 aromatic heterocycles. The Morgan fingerprint density at radius 1 is 1.07 bits per heavy atom. The molecular weight excluding hydrogens is 374 g/mol. The van der Waals surface area contributed by atoms with Crippen molar-refractivity contribution in [2.75, 3.05) is 0 Å². The van der Waals surface area contributed by atoms with Crippen LogP contribution in [0.2, 0.25) is 5.02 Å². The van der Waals surface area contributed by atoms with E-state index < -0.39 is 17.8 Å². The summed E-state index contributed by atoms with van der Waals surface area (Å²) in [6.07, 6.45) is 0. The van der Waals surface area contributed by atoms with E-state index in [0.29, 0.717) is 21.6 Å². The van der Waals surface area contributed by atoms with Gasteiger partial charge in [-0.2, -0.15) is 4.68 Å². The fraction of sp³-hybridized carbons (Fsp3) is 0.0588. The number of halogens is 1. The summed E-state index contributed by atoms with van der Waals surface area (Å²) in [5.74, 6) is -1.83. The number of aryl methyl sites for hydroxylation is 1. The molecule has 0 N–H and O–H groups in total. The highest BCUT2D eigenvalue weighted by Gasteiger charge is 2.38. The van der Waals surface area contributed by atoms with Crippen LogP contribution in [-0.2, 0) is 4.84 Å². The summed E-state index contributed by atoms with van der Waals surface area (Å²) in [7, 11) is 0. The first-order valence-corrected chi connectivity index (χ1v) is 8.10. The Labute approximate surface area is 157 Å². The molecule has 1 aliphatic rings. The molecule has 3 aromatic rings. The molecule has 0 atom stereocenters. The summed E-state index contributed by atoms with van der Waals surface area (Å²) in [5, 5.41) is 11.9. The van der Waals surface area contributed by atoms with Gasteiger partial charge >= 0.3 is 5.97 Å². The largest absolute Gasteiger partial charge is 0.364 e. The van der Waals surface area contributed by atoms with E-state index in [1.165, 1.54) is 35.0 Å². The van der Waals surface area contributed by atoms with Gasteiger partial charge in [-0.25, -0.2) is 4.79 Å². The second-order valence-electron chi connectivity index (χ2n) is 5.63. The van der Waals surface area contributed by atoms with E-state index in [0.717, 1.165) is 0 Å². The molecule has 2 heterocycles. The van der Waals surface area contributed by atoms with Crippen LogP contribution in [0, 0.1) is 6.92 Å². The second kappa shape index (κ2) is 6.29. The minimum absolute atomic E-state index is 0.0702. The van der Waals surface area contributed by atoms with Crippen molar-refractivity contribution in [1.29, 1.82) is 0 Å². The van der Waals surface area contributed by atoms with Crippen molar-refractivity contribution in [3.05, 3.63) is 70.0 Å². The highest BCUT2D eigenvalue weighted by atomic mass is 35.5. The van der Waals surface area contributed by atoms with Crippen molar-refractivity contribution in [1.82, 2.24) is 25.3 Å². The Hall–Kier alpha value is -3.59. The number of carbonyl (C=O) groups excluding carboxylic acids is 3. The van der Waals surface area contributed by atoms with Crippen LogP contribution in [-0.4, -0.2) is 43.1 Å². The van der Waals surface area contributed by atoms with Gasteiger partial charge in [-0.15, -0.1) is 5.10 Å². The summed E-state index contributed by atoms with van der Waals surface area (Å²) in [6.45, 7) is 1.67. The Kier molecular flexibility index (Phi) is 3.93. The first kappa shape index (κ1) is 16.9. The third kappa shape index (κ3) is 2.74. The van der Waals surface area contributed by atoms with Crippen molar-refractivity contribution in [2.45, 2.75) is 6.92 Å². The third-order valence-electron chi connectivity index (χ3n) is 3.97. The van der Waals surface area contributed by atoms with E-state index >= 15 is 0 Å². The molecule has 27 heavy (non-hydrogen) atoms. The molecule has 1 aliphatic heterocycles. The van der Waals surface area contributed by atoms with Crippen LogP contribution in [0.4, 0.5) is 0 Å². The zero-order valence-corrected chi connectivity index (χ0v) is 14.5. The lowest BCUT2D eigenvalue weighted by atomic mass is 10.1. The molecule has 0 saturated carbocycles. The van der Waals surface area contributed by atoms with Gasteiger partial charge in [0.15, 0.2) is 5.82 Å². The van der Waals surface area contributed by atoms with Crippen molar-refractivity contribution >= 4 is 29.4 Å². The lowest BCUT2D eigenvalue weighted by Gasteiger charge is -2.13. The molecule has 0 aliphatic carbocycles. The average molecular weight is 384 g/mol. The quantitative estimate of drug-likeness (QED) is 0.636. The zero-order chi connectivity index (χ0) is 19.1. The van der Waals surface area contributed by atoms with E-state index in [9.17, 15) is 14.4 Å². The average Bonchev–Trinajstić information content (AvgIpc) is 3.19. The number of nitrogens with zero attached hydrogens (tertiary/aromatic N) is 5. The molecule has 4 rings (SSSR count). The normalized spacial score (nSPS) is 13.0. The van der Waals surface area contributed by atoms with E-state index in [1.54, 1.807) is 19.1 Å². The first-order chi connectivity index (χ1) is 13.0. The number of hydroxylamine groups is 2. The van der Waals surface area contributed by atoms with E-state index in [2.05, 4.69) is 15.5 Å². The van der Waals surface area contributed by atoms with Crippen LogP contribution in [0.25, 0.3) is 5.69 Å². The summed E-state index contributed by atoms with van der Waals surface area (Å²) < 4.78 is 1.35. The van der Waals surface area contributed by atoms with Crippen LogP contribution in [0.1, 0.15) is 36.9 Å². The summed E-state index contributed by atoms with van der Waals surface area (Å²) in [4.78, 5) is 42.1. The number of fused-ring (bicyclic) bond motifs is 1. The van der Waals surface area contributed by atoms with Crippen molar-refractivity contribution < 1.29 is 19.2 Å². The van der Waals surface area contributed by atoms with Crippen LogP contribution in [0.5, 0.6) is 0 Å². The van der Waals surface area contributed by atoms with Crippen LogP contribution < -0.4 is 0 Å². The molecule has 9 nitrogen and oxygen atoms in total. The number of hydrogen-bond acceptors (Lipinski definition) is 7. The Morgan fingerprint density at radius 3 is 2.33 bits per heavy atom. The SMILES string of the molecule is Cc1nnnn1-c1cc(C(=O)ON2C(=O)c3ccccc3C2=O)ccc1Cl. The predicted octanol–water partition coefficient (Wildman–Crippen LogP) is 1.99. The molecule has 0 fully saturated rings. The Bertz CT molecular complexity index is 1080. The third-order valence-corrected chi connectivity index (χ3v) is 4.29. The molecule has 134 valence electrons. The predicted molar refractivity (Wildman–Crippen MR) is 91.3 cm³/mol. The summed E-state index contributed by atoms with van der Waals surface area (Å²) >= 11 is 6.15. The Balaban J connectivity index is 1.63. The van der Waals surface area contributed by atoms with Gasteiger partial charge < -0.3 is 4.84 Å². The number of aromatic nitrogens is 4. The number of hydrogen-bond donors (Lipinski definition) is 0. The molecule has 0 unspecified atom stereocenters. The molecule has 0 spiro atoms.